The van der Waals surface area contributed by atoms with Crippen LogP contribution in [0, 0.1) is 0 Å². The molecule has 1 N–H and O–H groups in total. The predicted molar refractivity (Wildman–Crippen MR) is 69.9 cm³/mol. The van der Waals surface area contributed by atoms with Crippen molar-refractivity contribution >= 4 is 17.7 Å². The summed E-state index contributed by atoms with van der Waals surface area (Å²) in [5.41, 5.74) is 0.483. The topological polar surface area (TPSA) is 68.0 Å². The first-order valence-electron chi connectivity index (χ1n) is 5.77. The Balaban J connectivity index is 2.38. The van der Waals surface area contributed by atoms with Gasteiger partial charge in [0.2, 0.25) is 0 Å². The Morgan fingerprint density at radius 3 is 2.48 bits per heavy atom. The van der Waals surface area contributed by atoms with Crippen LogP contribution in [0.5, 0.6) is 0 Å². The Bertz CT molecular complexity index is 628. The molecule has 0 unspecified atom stereocenters. The van der Waals surface area contributed by atoms with Crippen LogP contribution in [0.1, 0.15) is 0 Å². The van der Waals surface area contributed by atoms with Gasteiger partial charge in [0.15, 0.2) is 11.0 Å². The van der Waals surface area contributed by atoms with Crippen molar-refractivity contribution in [3.63, 3.8) is 0 Å². The van der Waals surface area contributed by atoms with Crippen LogP contribution in [-0.4, -0.2) is 37.8 Å². The van der Waals surface area contributed by atoms with E-state index in [-0.39, 0.29) is 16.7 Å². The van der Waals surface area contributed by atoms with Crippen molar-refractivity contribution < 1.29 is 23.1 Å². The number of hydrogen-bond acceptors (Lipinski definition) is 4. The van der Waals surface area contributed by atoms with E-state index in [0.29, 0.717) is 17.3 Å². The Morgan fingerprint density at radius 2 is 1.90 bits per heavy atom. The SMILES string of the molecule is O=C(O)CSc1nnc(-c2ccccc2)n1CC(F)(F)F. The predicted octanol–water partition coefficient (Wildman–Crippen LogP) is 2.68. The maximum absolute atomic E-state index is 12.7. The Kier molecular flexibility index (Phi) is 4.51. The minimum atomic E-state index is -4.45. The number of carbonyl (C=O) groups is 1. The van der Waals surface area contributed by atoms with Crippen LogP contribution in [0.25, 0.3) is 11.4 Å². The fourth-order valence-electron chi connectivity index (χ4n) is 1.64. The molecule has 112 valence electrons. The van der Waals surface area contributed by atoms with Gasteiger partial charge in [-0.3, -0.25) is 9.36 Å². The smallest absolute Gasteiger partial charge is 0.406 e. The number of nitrogens with zero attached hydrogens (tertiary/aromatic N) is 3. The molecule has 0 amide bonds. The van der Waals surface area contributed by atoms with E-state index in [0.717, 1.165) is 4.57 Å². The van der Waals surface area contributed by atoms with Gasteiger partial charge < -0.3 is 5.11 Å². The molecule has 0 fully saturated rings. The largest absolute Gasteiger partial charge is 0.481 e. The van der Waals surface area contributed by atoms with E-state index in [2.05, 4.69) is 10.2 Å². The summed E-state index contributed by atoms with van der Waals surface area (Å²) in [6.07, 6.45) is -4.45. The Morgan fingerprint density at radius 1 is 1.24 bits per heavy atom. The molecule has 0 spiro atoms. The number of thioether (sulfide) groups is 1. The van der Waals surface area contributed by atoms with Crippen molar-refractivity contribution in [2.75, 3.05) is 5.75 Å². The molecule has 1 aromatic heterocycles. The fraction of sp³-hybridized carbons (Fsp3) is 0.250. The fourth-order valence-corrected chi connectivity index (χ4v) is 2.30. The number of halogens is 3. The molecule has 0 saturated heterocycles. The molecule has 5 nitrogen and oxygen atoms in total. The number of carboxylic acids is 1. The molecule has 2 aromatic rings. The second-order valence-electron chi connectivity index (χ2n) is 4.06. The highest BCUT2D eigenvalue weighted by Gasteiger charge is 2.31. The van der Waals surface area contributed by atoms with Gasteiger partial charge in [-0.05, 0) is 0 Å². The van der Waals surface area contributed by atoms with Crippen molar-refractivity contribution in [2.24, 2.45) is 0 Å². The summed E-state index contributed by atoms with van der Waals surface area (Å²) in [7, 11) is 0. The van der Waals surface area contributed by atoms with Gasteiger partial charge in [-0.25, -0.2) is 0 Å². The Hall–Kier alpha value is -2.03. The van der Waals surface area contributed by atoms with Crippen LogP contribution in [0.4, 0.5) is 13.2 Å². The van der Waals surface area contributed by atoms with Crippen LogP contribution in [0.3, 0.4) is 0 Å². The van der Waals surface area contributed by atoms with E-state index in [1.165, 1.54) is 0 Å². The van der Waals surface area contributed by atoms with Gasteiger partial charge in [-0.2, -0.15) is 13.2 Å². The third-order valence-corrected chi connectivity index (χ3v) is 3.36. The Labute approximate surface area is 121 Å². The van der Waals surface area contributed by atoms with Gasteiger partial charge in [-0.1, -0.05) is 42.1 Å². The van der Waals surface area contributed by atoms with Crippen LogP contribution in [0.2, 0.25) is 0 Å². The molecule has 0 aliphatic carbocycles. The minimum Gasteiger partial charge on any atom is -0.481 e. The monoisotopic (exact) mass is 317 g/mol. The number of carboxylic acid groups (broad SMARTS) is 1. The zero-order valence-electron chi connectivity index (χ0n) is 10.5. The average Bonchev–Trinajstić information content (AvgIpc) is 2.78. The second kappa shape index (κ2) is 6.17. The number of aliphatic carboxylic acids is 1. The molecule has 0 radical (unpaired) electrons. The lowest BCUT2D eigenvalue weighted by Gasteiger charge is -2.12. The molecule has 2 rings (SSSR count). The van der Waals surface area contributed by atoms with Gasteiger partial charge >= 0.3 is 12.1 Å². The van der Waals surface area contributed by atoms with Crippen LogP contribution < -0.4 is 0 Å². The van der Waals surface area contributed by atoms with Crippen molar-refractivity contribution in [1.82, 2.24) is 14.8 Å². The van der Waals surface area contributed by atoms with Crippen molar-refractivity contribution in [1.29, 1.82) is 0 Å². The molecular formula is C12H10F3N3O2S. The van der Waals surface area contributed by atoms with Gasteiger partial charge in [0.1, 0.15) is 6.54 Å². The zero-order chi connectivity index (χ0) is 15.5. The lowest BCUT2D eigenvalue weighted by atomic mass is 10.2. The van der Waals surface area contributed by atoms with Crippen LogP contribution >= 0.6 is 11.8 Å². The highest BCUT2D eigenvalue weighted by atomic mass is 32.2. The normalized spacial score (nSPS) is 11.6. The van der Waals surface area contributed by atoms with E-state index < -0.39 is 18.7 Å². The first-order chi connectivity index (χ1) is 9.87. The molecular weight excluding hydrogens is 307 g/mol. The first kappa shape index (κ1) is 15.4. The molecule has 0 aliphatic rings. The molecule has 0 bridgehead atoms. The lowest BCUT2D eigenvalue weighted by molar-refractivity contribution is -0.141. The number of rotatable bonds is 5. The third-order valence-electron chi connectivity index (χ3n) is 2.41. The van der Waals surface area contributed by atoms with Gasteiger partial charge in [0.05, 0.1) is 5.75 Å². The molecule has 0 saturated carbocycles. The van der Waals surface area contributed by atoms with Gasteiger partial charge in [0, 0.05) is 5.56 Å². The van der Waals surface area contributed by atoms with Gasteiger partial charge in [-0.15, -0.1) is 10.2 Å². The molecule has 0 aliphatic heterocycles. The van der Waals surface area contributed by atoms with E-state index in [1.54, 1.807) is 30.3 Å². The summed E-state index contributed by atoms with van der Waals surface area (Å²) in [5, 5.41) is 16.0. The molecule has 1 heterocycles. The van der Waals surface area contributed by atoms with E-state index >= 15 is 0 Å². The maximum atomic E-state index is 12.7. The van der Waals surface area contributed by atoms with Crippen LogP contribution in [-0.2, 0) is 11.3 Å². The van der Waals surface area contributed by atoms with Crippen molar-refractivity contribution in [2.45, 2.75) is 17.9 Å². The summed E-state index contributed by atoms with van der Waals surface area (Å²) in [6, 6.07) is 8.30. The average molecular weight is 317 g/mol. The highest BCUT2D eigenvalue weighted by molar-refractivity contribution is 7.99. The standard InChI is InChI=1S/C12H10F3N3O2S/c13-12(14,15)7-18-10(8-4-2-1-3-5-8)16-17-11(18)21-6-9(19)20/h1-5H,6-7H2,(H,19,20). The molecule has 21 heavy (non-hydrogen) atoms. The number of benzene rings is 1. The minimum absolute atomic E-state index is 0.0563. The zero-order valence-corrected chi connectivity index (χ0v) is 11.4. The van der Waals surface area contributed by atoms with E-state index in [1.807, 2.05) is 0 Å². The molecule has 1 aromatic carbocycles. The molecule has 9 heteroatoms. The molecule has 0 atom stereocenters. The maximum Gasteiger partial charge on any atom is 0.406 e. The van der Waals surface area contributed by atoms with Crippen LogP contribution in [0.15, 0.2) is 35.5 Å². The third kappa shape index (κ3) is 4.22. The van der Waals surface area contributed by atoms with E-state index in [4.69, 9.17) is 5.11 Å². The van der Waals surface area contributed by atoms with E-state index in [9.17, 15) is 18.0 Å². The lowest BCUT2D eigenvalue weighted by Crippen LogP contribution is -2.19. The van der Waals surface area contributed by atoms with Crippen molar-refractivity contribution in [3.05, 3.63) is 30.3 Å². The van der Waals surface area contributed by atoms with Gasteiger partial charge in [0.25, 0.3) is 0 Å². The summed E-state index contributed by atoms with van der Waals surface area (Å²) in [6.45, 7) is -1.27. The summed E-state index contributed by atoms with van der Waals surface area (Å²) in [5.74, 6) is -1.46. The number of alkyl halides is 3. The second-order valence-corrected chi connectivity index (χ2v) is 5.00. The number of hydrogen-bond donors (Lipinski definition) is 1. The summed E-state index contributed by atoms with van der Waals surface area (Å²) in [4.78, 5) is 10.5. The first-order valence-corrected chi connectivity index (χ1v) is 6.75. The van der Waals surface area contributed by atoms with Crippen molar-refractivity contribution in [3.8, 4) is 11.4 Å². The highest BCUT2D eigenvalue weighted by Crippen LogP contribution is 2.28. The summed E-state index contributed by atoms with van der Waals surface area (Å²) < 4.78 is 39.0. The number of aromatic nitrogens is 3. The summed E-state index contributed by atoms with van der Waals surface area (Å²) >= 11 is 0.701. The quantitative estimate of drug-likeness (QED) is 0.859.